The van der Waals surface area contributed by atoms with Crippen LogP contribution in [-0.2, 0) is 0 Å². The molecule has 1 aromatic heterocycles. The Morgan fingerprint density at radius 3 is 0.986 bits per heavy atom. The standard InChI is InChI=1S/C68H41NO/c1-70-62-38-60-56-34-30-52-26-28-54-32-36-58(67(62)65(54)63(52)60)50-22-14-46(15-23-50)42-6-2-41(3-7-42)45-12-20-49(21-13-45)57-35-31-53-27-29-55-33-37-59(68-66(55)64(53)61(57)39-69-68)51-24-16-47(17-25-51)43-8-4-40(5-9-43)44-10-18-48(56)19-11-44/h2-39H,1H3. The van der Waals surface area contributed by atoms with Crippen LogP contribution in [0.2, 0.25) is 0 Å². The molecule has 0 atom stereocenters. The highest BCUT2D eigenvalue weighted by Crippen LogP contribution is 2.41. The van der Waals surface area contributed by atoms with E-state index in [1.54, 1.807) is 7.11 Å². The van der Waals surface area contributed by atoms with Crippen molar-refractivity contribution >= 4 is 64.8 Å². The molecule has 70 heavy (non-hydrogen) atoms. The minimum atomic E-state index is 0.880. The van der Waals surface area contributed by atoms with Gasteiger partial charge in [-0.1, -0.05) is 218 Å². The van der Waals surface area contributed by atoms with E-state index in [-0.39, 0.29) is 0 Å². The van der Waals surface area contributed by atoms with E-state index in [2.05, 4.69) is 231 Å². The Morgan fingerprint density at radius 2 is 0.557 bits per heavy atom. The third kappa shape index (κ3) is 5.84. The zero-order valence-corrected chi connectivity index (χ0v) is 38.3. The normalized spacial score (nSPS) is 12.1. The van der Waals surface area contributed by atoms with Gasteiger partial charge in [0.15, 0.2) is 0 Å². The van der Waals surface area contributed by atoms with Gasteiger partial charge in [0.2, 0.25) is 0 Å². The third-order valence-corrected chi connectivity index (χ3v) is 15.3. The summed E-state index contributed by atoms with van der Waals surface area (Å²) in [5, 5.41) is 32.2. The second-order valence-electron chi connectivity index (χ2n) is 19.0. The van der Waals surface area contributed by atoms with Gasteiger partial charge in [0.25, 0.3) is 0 Å². The molecular formula is C68H41NO. The third-order valence-electron chi connectivity index (χ3n) is 15.3. The number of methoxy groups -OCH3 is 1. The average Bonchev–Trinajstić information content (AvgIpc) is 3.43. The molecule has 20 aliphatic heterocycles. The van der Waals surface area contributed by atoms with Gasteiger partial charge in [-0.05, 0) is 117 Å². The van der Waals surface area contributed by atoms with Gasteiger partial charge in [-0.3, -0.25) is 4.98 Å². The summed E-state index contributed by atoms with van der Waals surface area (Å²) in [6.07, 6.45) is 2.09. The first kappa shape index (κ1) is 38.9. The van der Waals surface area contributed by atoms with E-state index in [0.29, 0.717) is 0 Å². The van der Waals surface area contributed by atoms with Crippen molar-refractivity contribution < 1.29 is 4.74 Å². The predicted octanol–water partition coefficient (Wildman–Crippen LogP) is 15.5. The maximum Gasteiger partial charge on any atom is 0.127 e. The van der Waals surface area contributed by atoms with E-state index in [0.717, 1.165) is 37.5 Å². The molecule has 20 aliphatic rings. The summed E-state index contributed by atoms with van der Waals surface area (Å²) in [6.45, 7) is 0. The van der Waals surface area contributed by atoms with Crippen LogP contribution >= 0.6 is 0 Å². The summed E-state index contributed by atoms with van der Waals surface area (Å²) in [5.41, 5.74) is 1.03. The molecule has 0 fully saturated rings. The fourth-order valence-electron chi connectivity index (χ4n) is 11.7. The Kier molecular flexibility index (Phi) is 8.31. The van der Waals surface area contributed by atoms with E-state index >= 15 is 0 Å². The Hall–Kier alpha value is -9.11. The second kappa shape index (κ2) is 14.9. The molecule has 0 saturated carbocycles. The molecule has 14 aromatic rings. The van der Waals surface area contributed by atoms with Crippen molar-refractivity contribution in [3.63, 3.8) is 0 Å². The molecule has 2 nitrogen and oxygen atoms in total. The maximum absolute atomic E-state index is 6.31. The van der Waals surface area contributed by atoms with Crippen molar-refractivity contribution in [3.05, 3.63) is 314 Å². The van der Waals surface area contributed by atoms with Crippen LogP contribution in [0.25, 0.3) is 64.8 Å². The van der Waals surface area contributed by atoms with E-state index in [4.69, 9.17) is 9.72 Å². The van der Waals surface area contributed by atoms with Crippen molar-refractivity contribution in [2.45, 2.75) is 0 Å². The fourth-order valence-corrected chi connectivity index (χ4v) is 11.7. The molecule has 0 unspecified atom stereocenters. The minimum absolute atomic E-state index is 0.880. The lowest BCUT2D eigenvalue weighted by molar-refractivity contribution is 0.420. The molecule has 0 saturated heterocycles. The van der Waals surface area contributed by atoms with Gasteiger partial charge < -0.3 is 4.74 Å². The van der Waals surface area contributed by atoms with Crippen LogP contribution in [0, 0.1) is 83.5 Å². The first-order chi connectivity index (χ1) is 34.6. The molecule has 0 aliphatic carbocycles. The van der Waals surface area contributed by atoms with Crippen LogP contribution in [-0.4, -0.2) is 12.1 Å². The number of ether oxygens (including phenoxy) is 1. The van der Waals surface area contributed by atoms with Gasteiger partial charge >= 0.3 is 0 Å². The van der Waals surface area contributed by atoms with Crippen LogP contribution in [0.5, 0.6) is 5.75 Å². The molecule has 2 heteroatoms. The second-order valence-corrected chi connectivity index (χ2v) is 19.0. The van der Waals surface area contributed by atoms with Crippen molar-refractivity contribution in [1.29, 1.82) is 0 Å². The van der Waals surface area contributed by atoms with E-state index in [1.807, 2.05) is 0 Å². The number of benzene rings is 13. The average molecular weight is 888 g/mol. The zero-order chi connectivity index (χ0) is 46.0. The van der Waals surface area contributed by atoms with E-state index < -0.39 is 0 Å². The molecule has 0 radical (unpaired) electrons. The summed E-state index contributed by atoms with van der Waals surface area (Å²) in [5.74, 6) is 0.880. The zero-order valence-electron chi connectivity index (χ0n) is 38.3. The highest BCUT2D eigenvalue weighted by molar-refractivity contribution is 6.25. The lowest BCUT2D eigenvalue weighted by atomic mass is 9.91. The first-order valence-electron chi connectivity index (χ1n) is 24.1. The Labute approximate surface area is 399 Å². The summed E-state index contributed by atoms with van der Waals surface area (Å²) in [6, 6.07) is 83.3. The molecule has 34 rings (SSSR count). The highest BCUT2D eigenvalue weighted by Gasteiger charge is 2.15. The number of aromatic nitrogens is 1. The quantitative estimate of drug-likeness (QED) is 0.153. The molecule has 0 N–H and O–H groups in total. The summed E-state index contributed by atoms with van der Waals surface area (Å²) in [7, 11) is 1.80. The summed E-state index contributed by atoms with van der Waals surface area (Å²) >= 11 is 0. The molecule has 0 spiro atoms. The van der Waals surface area contributed by atoms with Crippen LogP contribution in [0.4, 0.5) is 0 Å². The largest absolute Gasteiger partial charge is 0.496 e. The number of hydrogen-bond donors (Lipinski definition) is 0. The smallest absolute Gasteiger partial charge is 0.127 e. The van der Waals surface area contributed by atoms with Crippen LogP contribution in [0.1, 0.15) is 0 Å². The Bertz CT molecular complexity index is 5290. The number of rotatable bonds is 1. The van der Waals surface area contributed by atoms with Crippen LogP contribution < -0.4 is 4.74 Å². The molecule has 324 valence electrons. The van der Waals surface area contributed by atoms with E-state index in [9.17, 15) is 0 Å². The Morgan fingerprint density at radius 1 is 0.257 bits per heavy atom. The molecule has 0 amide bonds. The van der Waals surface area contributed by atoms with Gasteiger partial charge in [-0.2, -0.15) is 0 Å². The monoisotopic (exact) mass is 887 g/mol. The SMILES string of the molecule is COc1cc2c3ccc4ccc5ccc(c1c5c42)=c1ccc(cc1)=c1ccc(cc1)=c1ccc(cc1)=c1ccc2ccc4ccc(c5ncc1c2c45)=c1ccc(cc1)=c1ccc(cc1)=c1ccc=3cc1. The van der Waals surface area contributed by atoms with Crippen LogP contribution in [0.15, 0.2) is 231 Å². The van der Waals surface area contributed by atoms with Crippen molar-refractivity contribution in [1.82, 2.24) is 4.98 Å². The lowest BCUT2D eigenvalue weighted by Crippen LogP contribution is -1.92. The Balaban J connectivity index is 1.03. The number of hydrogen-bond acceptors (Lipinski definition) is 2. The topological polar surface area (TPSA) is 22.1 Å². The predicted molar refractivity (Wildman–Crippen MR) is 285 cm³/mol. The number of nitrogens with zero attached hydrogens (tertiary/aromatic N) is 1. The van der Waals surface area contributed by atoms with Gasteiger partial charge in [0.05, 0.1) is 12.6 Å². The number of pyridine rings is 1. The maximum atomic E-state index is 6.31. The van der Waals surface area contributed by atoms with E-state index in [1.165, 1.54) is 116 Å². The van der Waals surface area contributed by atoms with Crippen LogP contribution in [0.3, 0.4) is 0 Å². The summed E-state index contributed by atoms with van der Waals surface area (Å²) < 4.78 is 6.31. The highest BCUT2D eigenvalue weighted by atomic mass is 16.5. The molecule has 21 heterocycles. The van der Waals surface area contributed by atoms with Crippen molar-refractivity contribution in [2.24, 2.45) is 0 Å². The fraction of sp³-hybridized carbons (Fsp3) is 0.0147. The van der Waals surface area contributed by atoms with Gasteiger partial charge in [0.1, 0.15) is 5.75 Å². The molecular weight excluding hydrogens is 847 g/mol. The molecule has 13 aromatic carbocycles. The molecule has 20 bridgehead atoms. The van der Waals surface area contributed by atoms with Gasteiger partial charge in [-0.25, -0.2) is 0 Å². The van der Waals surface area contributed by atoms with Crippen molar-refractivity contribution in [2.75, 3.05) is 7.11 Å². The van der Waals surface area contributed by atoms with Gasteiger partial charge in [0, 0.05) is 38.3 Å². The van der Waals surface area contributed by atoms with Crippen molar-refractivity contribution in [3.8, 4) is 5.75 Å². The first-order valence-corrected chi connectivity index (χ1v) is 24.1. The minimum Gasteiger partial charge on any atom is -0.496 e. The van der Waals surface area contributed by atoms with Gasteiger partial charge in [-0.15, -0.1) is 0 Å². The lowest BCUT2D eigenvalue weighted by Gasteiger charge is -2.15. The summed E-state index contributed by atoms with van der Waals surface area (Å²) in [4.78, 5) is 5.25.